The number of Topliss-reactive ketones (excluding diaryl/α,β-unsaturated/α-hetero) is 3. The second-order valence-electron chi connectivity index (χ2n) is 12.2. The normalized spacial score (nSPS) is 30.8. The number of aliphatic hydroxyl groups excluding tert-OH is 1. The van der Waals surface area contributed by atoms with Crippen LogP contribution in [0, 0.1) is 0 Å². The number of esters is 2. The van der Waals surface area contributed by atoms with Crippen molar-refractivity contribution in [2.45, 2.75) is 129 Å². The van der Waals surface area contributed by atoms with Crippen molar-refractivity contribution in [1.29, 1.82) is 0 Å². The average molecular weight is 647 g/mol. The number of rotatable bonds is 17. The Morgan fingerprint density at radius 3 is 1.31 bits per heavy atom. The number of ketones is 3. The second kappa shape index (κ2) is 18.1. The quantitative estimate of drug-likeness (QED) is 0.228. The lowest BCUT2D eigenvalue weighted by atomic mass is 10.1. The smallest absolute Gasteiger partial charge is 0.306 e. The van der Waals surface area contributed by atoms with Crippen molar-refractivity contribution >= 4 is 29.3 Å². The third kappa shape index (κ3) is 15.2. The van der Waals surface area contributed by atoms with Gasteiger partial charge in [0.05, 0.1) is 39.3 Å². The summed E-state index contributed by atoms with van der Waals surface area (Å²) in [6, 6.07) is 0. The molecule has 3 fully saturated rings. The highest BCUT2D eigenvalue weighted by atomic mass is 16.8. The van der Waals surface area contributed by atoms with Crippen LogP contribution in [0.5, 0.6) is 0 Å². The molecule has 0 amide bonds. The molecule has 14 nitrogen and oxygen atoms in total. The lowest BCUT2D eigenvalue weighted by Crippen LogP contribution is -2.30. The molecule has 258 valence electrons. The minimum atomic E-state index is -0.870. The van der Waals surface area contributed by atoms with E-state index in [0.29, 0.717) is 51.9 Å². The Morgan fingerprint density at radius 2 is 0.933 bits per heavy atom. The van der Waals surface area contributed by atoms with Crippen LogP contribution >= 0.6 is 0 Å². The van der Waals surface area contributed by atoms with Gasteiger partial charge in [0.1, 0.15) is 48.9 Å². The van der Waals surface area contributed by atoms with Gasteiger partial charge in [-0.25, -0.2) is 0 Å². The molecule has 6 unspecified atom stereocenters. The summed E-state index contributed by atoms with van der Waals surface area (Å²) in [6.45, 7) is 10.8. The fraction of sp³-hybridized carbons (Fsp3) is 0.839. The summed E-state index contributed by atoms with van der Waals surface area (Å²) in [5.74, 6) is -3.13. The third-order valence-corrected chi connectivity index (χ3v) is 7.36. The Kier molecular flexibility index (Phi) is 15.6. The highest BCUT2D eigenvalue weighted by Crippen LogP contribution is 2.30. The molecule has 0 aliphatic carbocycles. The zero-order chi connectivity index (χ0) is 33.7. The van der Waals surface area contributed by atoms with Crippen molar-refractivity contribution < 1.29 is 67.0 Å². The van der Waals surface area contributed by atoms with Crippen LogP contribution in [0.25, 0.3) is 0 Å². The van der Waals surface area contributed by atoms with Gasteiger partial charge in [-0.05, 0) is 41.5 Å². The van der Waals surface area contributed by atoms with Crippen molar-refractivity contribution in [2.75, 3.05) is 39.6 Å². The summed E-state index contributed by atoms with van der Waals surface area (Å²) in [6.07, 6.45) is 1.49. The molecule has 45 heavy (non-hydrogen) atoms. The van der Waals surface area contributed by atoms with Gasteiger partial charge in [0.15, 0.2) is 17.4 Å². The van der Waals surface area contributed by atoms with E-state index in [1.54, 1.807) is 20.8 Å². The van der Waals surface area contributed by atoms with Crippen LogP contribution < -0.4 is 0 Å². The van der Waals surface area contributed by atoms with E-state index in [-0.39, 0.29) is 80.7 Å². The van der Waals surface area contributed by atoms with Gasteiger partial charge in [0.2, 0.25) is 0 Å². The molecule has 3 heterocycles. The predicted molar refractivity (Wildman–Crippen MR) is 156 cm³/mol. The molecule has 14 heteroatoms. The van der Waals surface area contributed by atoms with Crippen molar-refractivity contribution in [3.05, 3.63) is 0 Å². The van der Waals surface area contributed by atoms with E-state index >= 15 is 0 Å². The molecule has 0 aromatic carbocycles. The van der Waals surface area contributed by atoms with Gasteiger partial charge in [-0.1, -0.05) is 0 Å². The van der Waals surface area contributed by atoms with Crippen LogP contribution in [0.4, 0.5) is 0 Å². The van der Waals surface area contributed by atoms with Crippen molar-refractivity contribution in [1.82, 2.24) is 0 Å². The van der Waals surface area contributed by atoms with Crippen LogP contribution in [0.3, 0.4) is 0 Å². The first-order valence-corrected chi connectivity index (χ1v) is 15.4. The number of hydrogen-bond acceptors (Lipinski definition) is 14. The number of carbonyl (C=O) groups is 5. The van der Waals surface area contributed by atoms with Gasteiger partial charge in [-0.15, -0.1) is 0 Å². The van der Waals surface area contributed by atoms with Gasteiger partial charge < -0.3 is 57.4 Å². The van der Waals surface area contributed by atoms with Crippen molar-refractivity contribution in [3.63, 3.8) is 0 Å². The molecule has 0 bridgehead atoms. The first kappa shape index (κ1) is 38.9. The van der Waals surface area contributed by atoms with E-state index in [4.69, 9.17) is 43.0 Å². The maximum atomic E-state index is 11.9. The Labute approximate surface area is 264 Å². The highest BCUT2D eigenvalue weighted by Gasteiger charge is 2.40. The third-order valence-electron chi connectivity index (χ3n) is 7.36. The van der Waals surface area contributed by atoms with E-state index < -0.39 is 23.3 Å². The summed E-state index contributed by atoms with van der Waals surface area (Å²) in [4.78, 5) is 56.0. The summed E-state index contributed by atoms with van der Waals surface area (Å²) >= 11 is 0. The molecule has 1 N–H and O–H groups in total. The van der Waals surface area contributed by atoms with Crippen LogP contribution in [-0.4, -0.2) is 110 Å². The summed E-state index contributed by atoms with van der Waals surface area (Å²) in [7, 11) is 0. The first-order valence-electron chi connectivity index (χ1n) is 15.4. The molecule has 0 aromatic rings. The van der Waals surface area contributed by atoms with E-state index in [9.17, 15) is 24.0 Å². The molecule has 3 rings (SSSR count). The fourth-order valence-corrected chi connectivity index (χ4v) is 4.65. The minimum absolute atomic E-state index is 0.0424. The maximum Gasteiger partial charge on any atom is 0.306 e. The summed E-state index contributed by atoms with van der Waals surface area (Å²) in [5.41, 5.74) is 0. The molecule has 0 saturated carbocycles. The van der Waals surface area contributed by atoms with Crippen LogP contribution in [-0.2, 0) is 61.9 Å². The fourth-order valence-electron chi connectivity index (χ4n) is 4.65. The van der Waals surface area contributed by atoms with E-state index in [1.807, 2.05) is 0 Å². The zero-order valence-corrected chi connectivity index (χ0v) is 27.4. The molecule has 3 aliphatic rings. The predicted octanol–water partition coefficient (Wildman–Crippen LogP) is 2.33. The average Bonchev–Trinajstić information content (AvgIpc) is 3.68. The van der Waals surface area contributed by atoms with Crippen LogP contribution in [0.1, 0.15) is 92.9 Å². The Hall–Kier alpha value is -2.33. The summed E-state index contributed by atoms with van der Waals surface area (Å²) < 4.78 is 43.8. The van der Waals surface area contributed by atoms with Gasteiger partial charge in [-0.2, -0.15) is 0 Å². The van der Waals surface area contributed by atoms with Crippen LogP contribution in [0.2, 0.25) is 0 Å². The van der Waals surface area contributed by atoms with Gasteiger partial charge in [0.25, 0.3) is 0 Å². The van der Waals surface area contributed by atoms with Crippen molar-refractivity contribution in [3.8, 4) is 0 Å². The lowest BCUT2D eigenvalue weighted by molar-refractivity contribution is -0.176. The maximum absolute atomic E-state index is 11.9. The Morgan fingerprint density at radius 1 is 0.578 bits per heavy atom. The highest BCUT2D eigenvalue weighted by molar-refractivity contribution is 5.81. The number of hydrogen-bond donors (Lipinski definition) is 1. The molecule has 3 saturated heterocycles. The summed E-state index contributed by atoms with van der Waals surface area (Å²) in [5, 5.41) is 9.05. The van der Waals surface area contributed by atoms with Crippen molar-refractivity contribution in [2.24, 2.45) is 0 Å². The van der Waals surface area contributed by atoms with Gasteiger partial charge >= 0.3 is 11.9 Å². The van der Waals surface area contributed by atoms with E-state index in [0.717, 1.165) is 0 Å². The zero-order valence-electron chi connectivity index (χ0n) is 27.4. The first-order chi connectivity index (χ1) is 21.0. The number of carbonyl (C=O) groups excluding carboxylic acids is 5. The molecular formula is C31H50O14. The monoisotopic (exact) mass is 646 g/mol. The Balaban J connectivity index is 0.000000322. The van der Waals surface area contributed by atoms with Crippen LogP contribution in [0.15, 0.2) is 0 Å². The van der Waals surface area contributed by atoms with Gasteiger partial charge in [-0.3, -0.25) is 9.59 Å². The largest absolute Gasteiger partial charge is 0.463 e. The molecule has 6 atom stereocenters. The molecule has 3 aliphatic heterocycles. The molecule has 0 spiro atoms. The number of ether oxygens (including phenoxy) is 8. The topological polar surface area (TPSA) is 179 Å². The molecular weight excluding hydrogens is 596 g/mol. The standard InChI is InChI=1S/C17H28O8.C14H22O6/c1-12(19)4-6-16(2)23-11-14(25-16)9-21-15(20)5-7-17(3)22-10-13(8-18)24-17;1-10(15)4-5-13(17)18-8-12-9-19-14(3,20-12)7-6-11(2)16/h13-14,18H,4-11H2,1-3H3;12H,4-9H2,1-3H3. The van der Waals surface area contributed by atoms with Gasteiger partial charge in [0, 0.05) is 38.5 Å². The SMILES string of the molecule is CC(=O)CCC(=O)OCC1COC(C)(CCC(C)=O)O1.CC(=O)CCC1(C)OCC(COC(=O)CCC2(C)OCC(CO)O2)O1. The molecule has 0 aromatic heterocycles. The Bertz CT molecular complexity index is 1020. The lowest BCUT2D eigenvalue weighted by Gasteiger charge is -2.23. The number of aliphatic hydroxyl groups is 1. The molecule has 0 radical (unpaired) electrons. The van der Waals surface area contributed by atoms with E-state index in [2.05, 4.69) is 0 Å². The minimum Gasteiger partial charge on any atom is -0.463 e. The van der Waals surface area contributed by atoms with E-state index in [1.165, 1.54) is 20.8 Å². The second-order valence-corrected chi connectivity index (χ2v) is 12.2.